The quantitative estimate of drug-likeness (QED) is 0.164. The van der Waals surface area contributed by atoms with Crippen LogP contribution in [0.15, 0.2) is 0 Å². The predicted octanol–water partition coefficient (Wildman–Crippen LogP) is 7.15. The molecule has 1 rings (SSSR count). The zero-order valence-electron chi connectivity index (χ0n) is 22.9. The standard InChI is InChI=1S/C24H54O5Si3/c1-11-15-16-18-23(24-19-17-20-30(7,8)29-24)21(5)28-31(9,10)22(6)32(25-12-2,26-13-3)27-14-4/h21-24H,11-20H2,1-10H3. The molecule has 0 aliphatic carbocycles. The van der Waals surface area contributed by atoms with Crippen molar-refractivity contribution in [3.8, 4) is 0 Å². The largest absolute Gasteiger partial charge is 0.503 e. The van der Waals surface area contributed by atoms with Crippen LogP contribution in [0, 0.1) is 5.92 Å². The van der Waals surface area contributed by atoms with Crippen molar-refractivity contribution in [2.24, 2.45) is 5.92 Å². The lowest BCUT2D eigenvalue weighted by Gasteiger charge is -2.45. The minimum Gasteiger partial charge on any atom is -0.414 e. The van der Waals surface area contributed by atoms with E-state index in [-0.39, 0.29) is 11.3 Å². The second-order valence-corrected chi connectivity index (χ2v) is 22.6. The van der Waals surface area contributed by atoms with Gasteiger partial charge in [0, 0.05) is 37.0 Å². The summed E-state index contributed by atoms with van der Waals surface area (Å²) in [4.78, 5) is 0. The molecule has 0 spiro atoms. The molecule has 0 aromatic rings. The number of rotatable bonds is 16. The van der Waals surface area contributed by atoms with Gasteiger partial charge in [0.1, 0.15) is 0 Å². The van der Waals surface area contributed by atoms with E-state index < -0.39 is 25.4 Å². The molecule has 0 N–H and O–H groups in total. The molecule has 0 saturated carbocycles. The minimum absolute atomic E-state index is 0.159. The molecule has 0 aromatic heterocycles. The lowest BCUT2D eigenvalue weighted by molar-refractivity contribution is 0.0187. The Morgan fingerprint density at radius 1 is 0.938 bits per heavy atom. The van der Waals surface area contributed by atoms with Crippen molar-refractivity contribution in [2.75, 3.05) is 19.8 Å². The van der Waals surface area contributed by atoms with E-state index in [2.05, 4.69) is 47.0 Å². The molecule has 1 saturated heterocycles. The monoisotopic (exact) mass is 506 g/mol. The Kier molecular flexibility index (Phi) is 13.4. The van der Waals surface area contributed by atoms with Crippen LogP contribution in [0.4, 0.5) is 0 Å². The smallest absolute Gasteiger partial charge is 0.414 e. The molecule has 1 fully saturated rings. The van der Waals surface area contributed by atoms with Crippen molar-refractivity contribution in [2.45, 2.75) is 130 Å². The molecule has 8 heteroatoms. The molecule has 5 nitrogen and oxygen atoms in total. The average molecular weight is 507 g/mol. The summed E-state index contributed by atoms with van der Waals surface area (Å²) in [6.07, 6.45) is 7.95. The molecule has 0 radical (unpaired) electrons. The predicted molar refractivity (Wildman–Crippen MR) is 142 cm³/mol. The van der Waals surface area contributed by atoms with Gasteiger partial charge in [-0.2, -0.15) is 0 Å². The molecule has 1 aliphatic heterocycles. The Balaban J connectivity index is 3.06. The van der Waals surface area contributed by atoms with Crippen LogP contribution in [0.25, 0.3) is 0 Å². The molecular weight excluding hydrogens is 453 g/mol. The fraction of sp³-hybridized carbons (Fsp3) is 1.00. The minimum atomic E-state index is -2.82. The first kappa shape index (κ1) is 30.5. The van der Waals surface area contributed by atoms with Gasteiger partial charge in [-0.15, -0.1) is 0 Å². The summed E-state index contributed by atoms with van der Waals surface area (Å²) in [6, 6.07) is 1.28. The zero-order chi connectivity index (χ0) is 24.4. The molecule has 4 unspecified atom stereocenters. The van der Waals surface area contributed by atoms with E-state index in [9.17, 15) is 0 Å². The first-order valence-electron chi connectivity index (χ1n) is 13.3. The Bertz CT molecular complexity index is 501. The summed E-state index contributed by atoms with van der Waals surface area (Å²) < 4.78 is 32.5. The second kappa shape index (κ2) is 14.1. The highest BCUT2D eigenvalue weighted by atomic mass is 28.4. The third-order valence-corrected chi connectivity index (χ3v) is 18.9. The van der Waals surface area contributed by atoms with Gasteiger partial charge in [-0.25, -0.2) is 0 Å². The van der Waals surface area contributed by atoms with E-state index in [0.29, 0.717) is 31.8 Å². The molecule has 192 valence electrons. The maximum atomic E-state index is 7.03. The van der Waals surface area contributed by atoms with E-state index in [4.69, 9.17) is 22.1 Å². The third-order valence-electron chi connectivity index (χ3n) is 7.06. The van der Waals surface area contributed by atoms with Crippen molar-refractivity contribution in [3.05, 3.63) is 0 Å². The van der Waals surface area contributed by atoms with Crippen LogP contribution in [0.3, 0.4) is 0 Å². The lowest BCUT2D eigenvalue weighted by atomic mass is 9.88. The summed E-state index contributed by atoms with van der Waals surface area (Å²) in [5.41, 5.74) is 0. The summed E-state index contributed by atoms with van der Waals surface area (Å²) in [5.74, 6) is 0.454. The first-order chi connectivity index (χ1) is 15.0. The Labute approximate surface area is 202 Å². The van der Waals surface area contributed by atoms with Crippen molar-refractivity contribution in [1.82, 2.24) is 0 Å². The molecule has 4 atom stereocenters. The summed E-state index contributed by atoms with van der Waals surface area (Å²) >= 11 is 0. The van der Waals surface area contributed by atoms with Gasteiger partial charge in [0.15, 0.2) is 16.6 Å². The van der Waals surface area contributed by atoms with Crippen LogP contribution >= 0.6 is 0 Å². The van der Waals surface area contributed by atoms with Gasteiger partial charge in [-0.05, 0) is 72.8 Å². The van der Waals surface area contributed by atoms with Gasteiger partial charge in [0.05, 0.1) is 6.10 Å². The maximum absolute atomic E-state index is 7.03. The highest BCUT2D eigenvalue weighted by molar-refractivity contribution is 6.87. The second-order valence-electron chi connectivity index (χ2n) is 10.5. The average Bonchev–Trinajstić information content (AvgIpc) is 2.70. The number of unbranched alkanes of at least 4 members (excludes halogenated alkanes) is 2. The zero-order valence-corrected chi connectivity index (χ0v) is 25.9. The van der Waals surface area contributed by atoms with Gasteiger partial charge in [0.25, 0.3) is 0 Å². The van der Waals surface area contributed by atoms with Gasteiger partial charge in [0.2, 0.25) is 0 Å². The fourth-order valence-corrected chi connectivity index (χ4v) is 15.3. The highest BCUT2D eigenvalue weighted by Gasteiger charge is 2.55. The highest BCUT2D eigenvalue weighted by Crippen LogP contribution is 2.39. The fourth-order valence-electron chi connectivity index (χ4n) is 5.11. The van der Waals surface area contributed by atoms with Crippen LogP contribution in [0.2, 0.25) is 37.4 Å². The Morgan fingerprint density at radius 2 is 1.50 bits per heavy atom. The molecule has 0 aromatic carbocycles. The van der Waals surface area contributed by atoms with Gasteiger partial charge in [-0.3, -0.25) is 0 Å². The Morgan fingerprint density at radius 3 is 1.97 bits per heavy atom. The maximum Gasteiger partial charge on any atom is 0.503 e. The molecule has 0 bridgehead atoms. The van der Waals surface area contributed by atoms with E-state index in [1.807, 2.05) is 20.8 Å². The number of hydrogen-bond acceptors (Lipinski definition) is 5. The first-order valence-corrected chi connectivity index (χ1v) is 21.2. The van der Waals surface area contributed by atoms with Crippen LogP contribution in [-0.2, 0) is 22.1 Å². The van der Waals surface area contributed by atoms with Gasteiger partial charge >= 0.3 is 8.80 Å². The van der Waals surface area contributed by atoms with Gasteiger partial charge in [-0.1, -0.05) is 39.5 Å². The van der Waals surface area contributed by atoms with E-state index in [1.165, 1.54) is 44.6 Å². The number of hydrogen-bond donors (Lipinski definition) is 0. The summed E-state index contributed by atoms with van der Waals surface area (Å²) in [5, 5.41) is 0.159. The molecule has 1 heterocycles. The van der Waals surface area contributed by atoms with Crippen LogP contribution in [0.1, 0.15) is 80.1 Å². The third kappa shape index (κ3) is 8.91. The van der Waals surface area contributed by atoms with Gasteiger partial charge < -0.3 is 22.1 Å². The van der Waals surface area contributed by atoms with Crippen molar-refractivity contribution >= 4 is 25.4 Å². The molecule has 32 heavy (non-hydrogen) atoms. The Hall–Kier alpha value is 0.451. The van der Waals surface area contributed by atoms with E-state index in [1.54, 1.807) is 0 Å². The topological polar surface area (TPSA) is 46.2 Å². The normalized spacial score (nSPS) is 22.5. The molecule has 1 aliphatic rings. The summed E-state index contributed by atoms with van der Waals surface area (Å²) in [7, 11) is -6.55. The van der Waals surface area contributed by atoms with Crippen LogP contribution in [-0.4, -0.2) is 57.5 Å². The molecule has 0 amide bonds. The van der Waals surface area contributed by atoms with E-state index >= 15 is 0 Å². The van der Waals surface area contributed by atoms with Crippen LogP contribution in [0.5, 0.6) is 0 Å². The van der Waals surface area contributed by atoms with E-state index in [0.717, 1.165) is 0 Å². The van der Waals surface area contributed by atoms with Crippen LogP contribution < -0.4 is 0 Å². The summed E-state index contributed by atoms with van der Waals surface area (Å²) in [6.45, 7) is 24.1. The molecular formula is C24H54O5Si3. The SMILES string of the molecule is CCCCCC(C(C)O[Si](C)(C)C(C)[Si](OCC)(OCC)OCC)C1CCC[Si](C)(C)O1. The van der Waals surface area contributed by atoms with Crippen molar-refractivity contribution in [1.29, 1.82) is 0 Å². The lowest BCUT2D eigenvalue weighted by Crippen LogP contribution is -2.59. The van der Waals surface area contributed by atoms with Crippen molar-refractivity contribution in [3.63, 3.8) is 0 Å². The van der Waals surface area contributed by atoms with Crippen molar-refractivity contribution < 1.29 is 22.1 Å².